The largest absolute Gasteiger partial charge is 0.486 e. The molecule has 0 saturated carbocycles. The number of benzene rings is 1. The van der Waals surface area contributed by atoms with E-state index in [0.717, 1.165) is 20.8 Å². The highest BCUT2D eigenvalue weighted by Gasteiger charge is 2.04. The Bertz CT molecular complexity index is 473. The molecule has 0 saturated heterocycles. The minimum Gasteiger partial charge on any atom is -0.486 e. The molecular formula is C11H11ClN2OS2. The van der Waals surface area contributed by atoms with Gasteiger partial charge in [-0.25, -0.2) is 0 Å². The molecule has 0 atom stereocenters. The van der Waals surface area contributed by atoms with Crippen LogP contribution in [0.1, 0.15) is 11.9 Å². The summed E-state index contributed by atoms with van der Waals surface area (Å²) >= 11 is 9.05. The standard InChI is InChI=1S/C11H11ClN2OS2/c1-2-16-11-14-13-10(17-11)7-15-9-5-3-8(12)4-6-9/h3-6H,2,7H2,1H3. The second-order valence-corrected chi connectivity index (χ2v) is 6.15. The highest BCUT2D eigenvalue weighted by atomic mass is 35.5. The molecule has 0 aliphatic carbocycles. The third kappa shape index (κ3) is 3.87. The van der Waals surface area contributed by atoms with Gasteiger partial charge in [-0.05, 0) is 30.0 Å². The molecule has 0 bridgehead atoms. The highest BCUT2D eigenvalue weighted by molar-refractivity contribution is 8.00. The van der Waals surface area contributed by atoms with Gasteiger partial charge in [-0.2, -0.15) is 0 Å². The van der Waals surface area contributed by atoms with Gasteiger partial charge in [0.15, 0.2) is 9.35 Å². The van der Waals surface area contributed by atoms with Crippen LogP contribution in [0, 0.1) is 0 Å². The molecule has 17 heavy (non-hydrogen) atoms. The SMILES string of the molecule is CCSc1nnc(COc2ccc(Cl)cc2)s1. The van der Waals surface area contributed by atoms with E-state index in [1.165, 1.54) is 0 Å². The fraction of sp³-hybridized carbons (Fsp3) is 0.273. The molecule has 1 aromatic heterocycles. The summed E-state index contributed by atoms with van der Waals surface area (Å²) in [6.07, 6.45) is 0. The van der Waals surface area contributed by atoms with Crippen LogP contribution in [0.2, 0.25) is 5.02 Å². The lowest BCUT2D eigenvalue weighted by Crippen LogP contribution is -1.94. The number of nitrogens with zero attached hydrogens (tertiary/aromatic N) is 2. The van der Waals surface area contributed by atoms with Crippen molar-refractivity contribution in [3.05, 3.63) is 34.3 Å². The molecule has 3 nitrogen and oxygen atoms in total. The van der Waals surface area contributed by atoms with Crippen LogP contribution in [0.4, 0.5) is 0 Å². The third-order valence-corrected chi connectivity index (χ3v) is 4.06. The van der Waals surface area contributed by atoms with E-state index in [0.29, 0.717) is 11.6 Å². The van der Waals surface area contributed by atoms with E-state index in [9.17, 15) is 0 Å². The maximum Gasteiger partial charge on any atom is 0.174 e. The van der Waals surface area contributed by atoms with Crippen LogP contribution in [0.15, 0.2) is 28.6 Å². The number of rotatable bonds is 5. The number of thioether (sulfide) groups is 1. The van der Waals surface area contributed by atoms with Crippen LogP contribution in [0.25, 0.3) is 0 Å². The molecule has 0 aliphatic heterocycles. The quantitative estimate of drug-likeness (QED) is 0.781. The van der Waals surface area contributed by atoms with Gasteiger partial charge in [-0.3, -0.25) is 0 Å². The van der Waals surface area contributed by atoms with Crippen molar-refractivity contribution < 1.29 is 4.74 Å². The molecule has 6 heteroatoms. The van der Waals surface area contributed by atoms with Crippen molar-refractivity contribution >= 4 is 34.7 Å². The molecule has 2 rings (SSSR count). The van der Waals surface area contributed by atoms with Crippen molar-refractivity contribution in [1.29, 1.82) is 0 Å². The second kappa shape index (κ2) is 6.23. The number of ether oxygens (including phenoxy) is 1. The first kappa shape index (κ1) is 12.7. The molecule has 1 heterocycles. The van der Waals surface area contributed by atoms with Crippen LogP contribution in [-0.4, -0.2) is 16.0 Å². The summed E-state index contributed by atoms with van der Waals surface area (Å²) < 4.78 is 6.57. The fourth-order valence-corrected chi connectivity index (χ4v) is 2.99. The molecule has 2 aromatic rings. The van der Waals surface area contributed by atoms with Gasteiger partial charge >= 0.3 is 0 Å². The normalized spacial score (nSPS) is 10.5. The van der Waals surface area contributed by atoms with Crippen LogP contribution in [-0.2, 0) is 6.61 Å². The van der Waals surface area contributed by atoms with Gasteiger partial charge < -0.3 is 4.74 Å². The zero-order valence-corrected chi connectivity index (χ0v) is 11.6. The summed E-state index contributed by atoms with van der Waals surface area (Å²) in [5.41, 5.74) is 0. The first-order chi connectivity index (χ1) is 8.28. The van der Waals surface area contributed by atoms with Crippen molar-refractivity contribution in [3.63, 3.8) is 0 Å². The average Bonchev–Trinajstić information content (AvgIpc) is 2.77. The molecule has 0 aliphatic rings. The van der Waals surface area contributed by atoms with Crippen molar-refractivity contribution in [3.8, 4) is 5.75 Å². The van der Waals surface area contributed by atoms with E-state index in [4.69, 9.17) is 16.3 Å². The zero-order chi connectivity index (χ0) is 12.1. The van der Waals surface area contributed by atoms with Crippen molar-refractivity contribution in [2.24, 2.45) is 0 Å². The van der Waals surface area contributed by atoms with Crippen molar-refractivity contribution in [2.45, 2.75) is 17.9 Å². The number of aromatic nitrogens is 2. The lowest BCUT2D eigenvalue weighted by atomic mass is 10.3. The predicted molar refractivity (Wildman–Crippen MR) is 72.1 cm³/mol. The number of hydrogen-bond acceptors (Lipinski definition) is 5. The second-order valence-electron chi connectivity index (χ2n) is 3.14. The summed E-state index contributed by atoms with van der Waals surface area (Å²) in [6, 6.07) is 7.28. The van der Waals surface area contributed by atoms with Gasteiger partial charge in [-0.15, -0.1) is 10.2 Å². The topological polar surface area (TPSA) is 35.0 Å². The molecule has 0 amide bonds. The van der Waals surface area contributed by atoms with E-state index in [1.54, 1.807) is 35.2 Å². The molecule has 0 fully saturated rings. The summed E-state index contributed by atoms with van der Waals surface area (Å²) in [5, 5.41) is 9.72. The first-order valence-electron chi connectivity index (χ1n) is 5.11. The molecule has 0 spiro atoms. The predicted octanol–water partition coefficient (Wildman–Crippen LogP) is 3.88. The third-order valence-electron chi connectivity index (χ3n) is 1.89. The molecule has 0 N–H and O–H groups in total. The summed E-state index contributed by atoms with van der Waals surface area (Å²) in [5.74, 6) is 1.79. The minimum atomic E-state index is 0.448. The maximum absolute atomic E-state index is 5.79. The average molecular weight is 287 g/mol. The molecule has 90 valence electrons. The van der Waals surface area contributed by atoms with Gasteiger partial charge in [0.25, 0.3) is 0 Å². The van der Waals surface area contributed by atoms with E-state index in [1.807, 2.05) is 12.1 Å². The van der Waals surface area contributed by atoms with E-state index in [-0.39, 0.29) is 0 Å². The van der Waals surface area contributed by atoms with Crippen LogP contribution in [0.3, 0.4) is 0 Å². The van der Waals surface area contributed by atoms with Crippen LogP contribution in [0.5, 0.6) is 5.75 Å². The molecule has 1 aromatic carbocycles. The van der Waals surface area contributed by atoms with Crippen molar-refractivity contribution in [2.75, 3.05) is 5.75 Å². The summed E-state index contributed by atoms with van der Waals surface area (Å²) in [6.45, 7) is 2.54. The van der Waals surface area contributed by atoms with Crippen LogP contribution >= 0.6 is 34.7 Å². The first-order valence-corrected chi connectivity index (χ1v) is 7.29. The highest BCUT2D eigenvalue weighted by Crippen LogP contribution is 2.23. The zero-order valence-electron chi connectivity index (χ0n) is 9.22. The number of hydrogen-bond donors (Lipinski definition) is 0. The van der Waals surface area contributed by atoms with E-state index in [2.05, 4.69) is 17.1 Å². The molecule has 0 unspecified atom stereocenters. The number of halogens is 1. The molecule has 0 radical (unpaired) electrons. The van der Waals surface area contributed by atoms with Gasteiger partial charge in [0.2, 0.25) is 0 Å². The fourth-order valence-electron chi connectivity index (χ4n) is 1.15. The monoisotopic (exact) mass is 286 g/mol. The van der Waals surface area contributed by atoms with Gasteiger partial charge in [0.05, 0.1) is 0 Å². The van der Waals surface area contributed by atoms with Gasteiger partial charge in [0, 0.05) is 5.02 Å². The summed E-state index contributed by atoms with van der Waals surface area (Å²) in [7, 11) is 0. The van der Waals surface area contributed by atoms with Gasteiger partial charge in [0.1, 0.15) is 12.4 Å². The Hall–Kier alpha value is -0.780. The Morgan fingerprint density at radius 1 is 1.29 bits per heavy atom. The maximum atomic E-state index is 5.79. The Balaban J connectivity index is 1.90. The van der Waals surface area contributed by atoms with Crippen LogP contribution < -0.4 is 4.74 Å². The Morgan fingerprint density at radius 3 is 2.76 bits per heavy atom. The Morgan fingerprint density at radius 2 is 2.06 bits per heavy atom. The van der Waals surface area contributed by atoms with E-state index >= 15 is 0 Å². The minimum absolute atomic E-state index is 0.448. The van der Waals surface area contributed by atoms with Gasteiger partial charge in [-0.1, -0.05) is 41.6 Å². The molecular weight excluding hydrogens is 276 g/mol. The smallest absolute Gasteiger partial charge is 0.174 e. The summed E-state index contributed by atoms with van der Waals surface area (Å²) in [4.78, 5) is 0. The van der Waals surface area contributed by atoms with E-state index < -0.39 is 0 Å². The lowest BCUT2D eigenvalue weighted by Gasteiger charge is -2.02. The van der Waals surface area contributed by atoms with Crippen molar-refractivity contribution in [1.82, 2.24) is 10.2 Å². The Labute approximate surface area is 113 Å². The Kier molecular flexibility index (Phi) is 4.65. The lowest BCUT2D eigenvalue weighted by molar-refractivity contribution is 0.304.